The zero-order valence-electron chi connectivity index (χ0n) is 6.02. The summed E-state index contributed by atoms with van der Waals surface area (Å²) in [5.74, 6) is 0. The fourth-order valence-corrected chi connectivity index (χ4v) is 1.09. The van der Waals surface area contributed by atoms with E-state index in [2.05, 4.69) is 10.6 Å². The van der Waals surface area contributed by atoms with Gasteiger partial charge in [0.15, 0.2) is 0 Å². The number of hydrogen-bond acceptors (Lipinski definition) is 3. The Labute approximate surface area is 61.2 Å². The highest BCUT2D eigenvalue weighted by molar-refractivity contribution is 5.58. The fourth-order valence-electron chi connectivity index (χ4n) is 1.09. The Morgan fingerprint density at radius 1 is 1.30 bits per heavy atom. The Morgan fingerprint density at radius 3 is 3.00 bits per heavy atom. The summed E-state index contributed by atoms with van der Waals surface area (Å²) in [4.78, 5) is 10.2. The molecule has 0 amide bonds. The summed E-state index contributed by atoms with van der Waals surface area (Å²) < 4.78 is 0. The largest absolute Gasteiger partial charge is 0.315 e. The highest BCUT2D eigenvalue weighted by Crippen LogP contribution is 1.94. The van der Waals surface area contributed by atoms with Crippen molar-refractivity contribution in [1.29, 1.82) is 0 Å². The molecule has 1 unspecified atom stereocenters. The van der Waals surface area contributed by atoms with Gasteiger partial charge in [-0.15, -0.1) is 0 Å². The normalized spacial score (nSPS) is 28.6. The first-order valence-corrected chi connectivity index (χ1v) is 3.75. The van der Waals surface area contributed by atoms with Crippen LogP contribution in [0.3, 0.4) is 0 Å². The maximum Gasteiger partial charge on any atom is 0.216 e. The predicted octanol–water partition coefficient (Wildman–Crippen LogP) is -0.562. The molecule has 2 N–H and O–H groups in total. The monoisotopic (exact) mass is 141 g/mol. The van der Waals surface area contributed by atoms with Crippen molar-refractivity contribution in [1.82, 2.24) is 10.6 Å². The molecule has 0 spiro atoms. The molecule has 0 aromatic rings. The molecule has 1 rings (SSSR count). The van der Waals surface area contributed by atoms with Gasteiger partial charge < -0.3 is 10.6 Å². The van der Waals surface area contributed by atoms with Crippen LogP contribution in [0.15, 0.2) is 0 Å². The van der Waals surface area contributed by atoms with Crippen molar-refractivity contribution in [3.63, 3.8) is 0 Å². The number of carbonyl (C=O) groups excluding carboxylic acids is 1. The van der Waals surface area contributed by atoms with Gasteiger partial charge in [-0.05, 0) is 19.4 Å². The van der Waals surface area contributed by atoms with Crippen molar-refractivity contribution in [2.75, 3.05) is 19.6 Å². The highest BCUT2D eigenvalue weighted by Gasteiger charge is 2.08. The van der Waals surface area contributed by atoms with Gasteiger partial charge in [-0.2, -0.15) is 0 Å². The molecule has 57 valence electrons. The van der Waals surface area contributed by atoms with Gasteiger partial charge in [-0.25, -0.2) is 0 Å². The third-order valence-corrected chi connectivity index (χ3v) is 1.68. The van der Waals surface area contributed by atoms with Crippen LogP contribution in [0.4, 0.5) is 0 Å². The second-order valence-electron chi connectivity index (χ2n) is 2.52. The van der Waals surface area contributed by atoms with Crippen LogP contribution in [0.1, 0.15) is 12.8 Å². The van der Waals surface area contributed by atoms with E-state index in [4.69, 9.17) is 0 Å². The molecule has 1 radical (unpaired) electrons. The highest BCUT2D eigenvalue weighted by atomic mass is 16.1. The van der Waals surface area contributed by atoms with Crippen molar-refractivity contribution in [2.45, 2.75) is 18.9 Å². The van der Waals surface area contributed by atoms with Crippen LogP contribution in [0.5, 0.6) is 0 Å². The van der Waals surface area contributed by atoms with Crippen LogP contribution in [-0.2, 0) is 4.79 Å². The second kappa shape index (κ2) is 4.41. The molecule has 10 heavy (non-hydrogen) atoms. The van der Waals surface area contributed by atoms with Gasteiger partial charge in [0, 0.05) is 13.1 Å². The van der Waals surface area contributed by atoms with Crippen LogP contribution >= 0.6 is 0 Å². The summed E-state index contributed by atoms with van der Waals surface area (Å²) in [5.41, 5.74) is 0. The average molecular weight is 141 g/mol. The van der Waals surface area contributed by atoms with Crippen molar-refractivity contribution >= 4 is 6.29 Å². The van der Waals surface area contributed by atoms with Crippen molar-refractivity contribution in [2.24, 2.45) is 0 Å². The van der Waals surface area contributed by atoms with Gasteiger partial charge in [0.2, 0.25) is 6.29 Å². The molecule has 1 saturated heterocycles. The summed E-state index contributed by atoms with van der Waals surface area (Å²) in [5, 5.41) is 6.32. The van der Waals surface area contributed by atoms with Gasteiger partial charge in [0.1, 0.15) is 0 Å². The molecule has 0 aromatic carbocycles. The molecule has 0 bridgehead atoms. The average Bonchev–Trinajstić information content (AvgIpc) is 1.87. The quantitative estimate of drug-likeness (QED) is 0.514. The molecule has 1 atom stereocenters. The fraction of sp³-hybridized carbons (Fsp3) is 0.857. The van der Waals surface area contributed by atoms with E-state index in [-0.39, 0.29) is 6.04 Å². The predicted molar refractivity (Wildman–Crippen MR) is 39.6 cm³/mol. The molecule has 0 aliphatic carbocycles. The minimum atomic E-state index is -0.0258. The standard InChI is InChI=1S/C7H13N2O/c10-6-7-2-1-3-8-4-5-9-7/h7-9H,1-5H2. The molecule has 1 aliphatic heterocycles. The lowest BCUT2D eigenvalue weighted by atomic mass is 10.1. The van der Waals surface area contributed by atoms with Gasteiger partial charge in [0.25, 0.3) is 0 Å². The molecular weight excluding hydrogens is 128 g/mol. The third-order valence-electron chi connectivity index (χ3n) is 1.68. The lowest BCUT2D eigenvalue weighted by molar-refractivity contribution is 0.460. The summed E-state index contributed by atoms with van der Waals surface area (Å²) in [6.07, 6.45) is 3.96. The van der Waals surface area contributed by atoms with E-state index < -0.39 is 0 Å². The lowest BCUT2D eigenvalue weighted by Gasteiger charge is -2.15. The van der Waals surface area contributed by atoms with Crippen molar-refractivity contribution in [3.05, 3.63) is 0 Å². The topological polar surface area (TPSA) is 41.1 Å². The minimum Gasteiger partial charge on any atom is -0.315 e. The van der Waals surface area contributed by atoms with E-state index in [0.717, 1.165) is 32.5 Å². The van der Waals surface area contributed by atoms with E-state index in [1.54, 1.807) is 0 Å². The summed E-state index contributed by atoms with van der Waals surface area (Å²) in [7, 11) is 0. The van der Waals surface area contributed by atoms with Gasteiger partial charge in [0.05, 0.1) is 6.04 Å². The molecule has 1 heterocycles. The van der Waals surface area contributed by atoms with Crippen LogP contribution in [0, 0.1) is 0 Å². The van der Waals surface area contributed by atoms with Crippen LogP contribution < -0.4 is 10.6 Å². The first-order valence-electron chi connectivity index (χ1n) is 3.75. The zero-order chi connectivity index (χ0) is 7.23. The molecule has 1 aliphatic rings. The van der Waals surface area contributed by atoms with Gasteiger partial charge in [-0.1, -0.05) is 0 Å². The lowest BCUT2D eigenvalue weighted by Crippen LogP contribution is -2.39. The van der Waals surface area contributed by atoms with E-state index in [1.165, 1.54) is 0 Å². The minimum absolute atomic E-state index is 0.0258. The first-order chi connectivity index (χ1) is 4.93. The molecule has 3 nitrogen and oxygen atoms in total. The SMILES string of the molecule is O=[C]C1CCCNCCN1. The maximum atomic E-state index is 10.2. The number of hydrogen-bond donors (Lipinski definition) is 2. The first kappa shape index (κ1) is 7.69. The third kappa shape index (κ3) is 2.45. The van der Waals surface area contributed by atoms with E-state index >= 15 is 0 Å². The Kier molecular flexibility index (Phi) is 3.40. The van der Waals surface area contributed by atoms with Crippen LogP contribution in [0.25, 0.3) is 0 Å². The second-order valence-corrected chi connectivity index (χ2v) is 2.52. The van der Waals surface area contributed by atoms with Gasteiger partial charge in [-0.3, -0.25) is 4.79 Å². The molecule has 0 aromatic heterocycles. The van der Waals surface area contributed by atoms with E-state index in [9.17, 15) is 4.79 Å². The Bertz CT molecular complexity index is 97.8. The Hall–Kier alpha value is -0.410. The number of rotatable bonds is 1. The van der Waals surface area contributed by atoms with Crippen molar-refractivity contribution in [3.8, 4) is 0 Å². The van der Waals surface area contributed by atoms with E-state index in [0.29, 0.717) is 0 Å². The molecule has 0 saturated carbocycles. The summed E-state index contributed by atoms with van der Waals surface area (Å²) >= 11 is 0. The van der Waals surface area contributed by atoms with Gasteiger partial charge >= 0.3 is 0 Å². The van der Waals surface area contributed by atoms with Crippen LogP contribution in [-0.4, -0.2) is 32.0 Å². The van der Waals surface area contributed by atoms with Crippen molar-refractivity contribution < 1.29 is 4.79 Å². The smallest absolute Gasteiger partial charge is 0.216 e. The van der Waals surface area contributed by atoms with Crippen LogP contribution in [0.2, 0.25) is 0 Å². The summed E-state index contributed by atoms with van der Waals surface area (Å²) in [6, 6.07) is -0.0258. The Morgan fingerprint density at radius 2 is 2.20 bits per heavy atom. The maximum absolute atomic E-state index is 10.2. The molecule has 1 fully saturated rings. The Balaban J connectivity index is 2.22. The number of nitrogens with one attached hydrogen (secondary N) is 2. The van der Waals surface area contributed by atoms with E-state index in [1.807, 2.05) is 6.29 Å². The molecule has 3 heteroatoms. The zero-order valence-corrected chi connectivity index (χ0v) is 6.02. The molecular formula is C7H13N2O. The summed E-state index contributed by atoms with van der Waals surface area (Å²) in [6.45, 7) is 2.86.